The van der Waals surface area contributed by atoms with E-state index in [0.717, 1.165) is 26.2 Å². The number of piperazine rings is 1. The molecule has 2 heterocycles. The zero-order valence-electron chi connectivity index (χ0n) is 12.2. The van der Waals surface area contributed by atoms with E-state index < -0.39 is 0 Å². The molecule has 0 aromatic carbocycles. The van der Waals surface area contributed by atoms with Gasteiger partial charge in [-0.1, -0.05) is 12.8 Å². The molecule has 0 amide bonds. The van der Waals surface area contributed by atoms with Crippen LogP contribution >= 0.6 is 0 Å². The average Bonchev–Trinajstić information content (AvgIpc) is 3.03. The van der Waals surface area contributed by atoms with Crippen LogP contribution in [-0.4, -0.2) is 45.4 Å². The van der Waals surface area contributed by atoms with Gasteiger partial charge in [-0.3, -0.25) is 9.58 Å². The van der Waals surface area contributed by atoms with E-state index in [1.807, 2.05) is 12.3 Å². The second-order valence-electron chi connectivity index (χ2n) is 6.86. The molecule has 0 atom stereocenters. The number of hydrogen-bond donors (Lipinski definition) is 1. The normalized spacial score (nSPS) is 26.0. The SMILES string of the molecule is CC1(C)CN(CCn2cccn2)C2(CCCC2)CN1. The molecule has 1 aromatic rings. The van der Waals surface area contributed by atoms with E-state index in [4.69, 9.17) is 0 Å². The Morgan fingerprint density at radius 3 is 2.68 bits per heavy atom. The summed E-state index contributed by atoms with van der Waals surface area (Å²) >= 11 is 0. The van der Waals surface area contributed by atoms with E-state index in [-0.39, 0.29) is 5.54 Å². The molecule has 0 bridgehead atoms. The second kappa shape index (κ2) is 4.91. The Hall–Kier alpha value is -0.870. The highest BCUT2D eigenvalue weighted by Crippen LogP contribution is 2.38. The van der Waals surface area contributed by atoms with Crippen molar-refractivity contribution in [1.82, 2.24) is 20.0 Å². The number of aromatic nitrogens is 2. The van der Waals surface area contributed by atoms with E-state index in [0.29, 0.717) is 5.54 Å². The van der Waals surface area contributed by atoms with Crippen LogP contribution in [0.5, 0.6) is 0 Å². The molecule has 1 aliphatic carbocycles. The summed E-state index contributed by atoms with van der Waals surface area (Å²) in [4.78, 5) is 2.73. The van der Waals surface area contributed by atoms with Crippen molar-refractivity contribution in [1.29, 1.82) is 0 Å². The molecule has 2 aliphatic rings. The van der Waals surface area contributed by atoms with Gasteiger partial charge in [0.2, 0.25) is 0 Å². The van der Waals surface area contributed by atoms with Gasteiger partial charge < -0.3 is 5.32 Å². The summed E-state index contributed by atoms with van der Waals surface area (Å²) in [5, 5.41) is 8.08. The molecule has 1 saturated heterocycles. The Morgan fingerprint density at radius 1 is 1.21 bits per heavy atom. The van der Waals surface area contributed by atoms with Gasteiger partial charge in [-0.25, -0.2) is 0 Å². The first kappa shape index (κ1) is 13.1. The zero-order valence-corrected chi connectivity index (χ0v) is 12.2. The molecular formula is C15H26N4. The van der Waals surface area contributed by atoms with Crippen molar-refractivity contribution in [2.75, 3.05) is 19.6 Å². The number of nitrogens with zero attached hydrogens (tertiary/aromatic N) is 3. The predicted octanol–water partition coefficient (Wildman–Crippen LogP) is 1.88. The van der Waals surface area contributed by atoms with Crippen LogP contribution in [0.3, 0.4) is 0 Å². The van der Waals surface area contributed by atoms with Gasteiger partial charge in [0.05, 0.1) is 6.54 Å². The highest BCUT2D eigenvalue weighted by Gasteiger charge is 2.45. The maximum atomic E-state index is 4.33. The molecule has 1 aliphatic heterocycles. The summed E-state index contributed by atoms with van der Waals surface area (Å²) in [6.07, 6.45) is 9.42. The minimum absolute atomic E-state index is 0.234. The van der Waals surface area contributed by atoms with Crippen molar-refractivity contribution in [2.45, 2.75) is 57.2 Å². The van der Waals surface area contributed by atoms with Crippen molar-refractivity contribution < 1.29 is 0 Å². The Labute approximate surface area is 116 Å². The Morgan fingerprint density at radius 2 is 2.00 bits per heavy atom. The molecule has 4 nitrogen and oxygen atoms in total. The molecule has 1 N–H and O–H groups in total. The first-order valence-electron chi connectivity index (χ1n) is 7.57. The monoisotopic (exact) mass is 262 g/mol. The highest BCUT2D eigenvalue weighted by molar-refractivity contribution is 5.04. The van der Waals surface area contributed by atoms with Crippen molar-refractivity contribution >= 4 is 0 Å². The van der Waals surface area contributed by atoms with Crippen molar-refractivity contribution in [3.8, 4) is 0 Å². The zero-order chi connectivity index (χ0) is 13.3. The van der Waals surface area contributed by atoms with Crippen molar-refractivity contribution in [3.05, 3.63) is 18.5 Å². The van der Waals surface area contributed by atoms with Gasteiger partial charge in [-0.05, 0) is 32.8 Å². The number of hydrogen-bond acceptors (Lipinski definition) is 3. The quantitative estimate of drug-likeness (QED) is 0.903. The molecule has 0 unspecified atom stereocenters. The fourth-order valence-electron chi connectivity index (χ4n) is 3.71. The lowest BCUT2D eigenvalue weighted by atomic mass is 9.87. The molecular weight excluding hydrogens is 236 g/mol. The fraction of sp³-hybridized carbons (Fsp3) is 0.800. The van der Waals surface area contributed by atoms with Crippen LogP contribution in [0.15, 0.2) is 18.5 Å². The Balaban J connectivity index is 1.70. The van der Waals surface area contributed by atoms with Gasteiger partial charge in [0, 0.05) is 43.1 Å². The van der Waals surface area contributed by atoms with Crippen molar-refractivity contribution in [2.24, 2.45) is 0 Å². The van der Waals surface area contributed by atoms with E-state index in [1.165, 1.54) is 25.7 Å². The third-order valence-corrected chi connectivity index (χ3v) is 4.85. The summed E-state index contributed by atoms with van der Waals surface area (Å²) in [6, 6.07) is 2.01. The smallest absolute Gasteiger partial charge is 0.0536 e. The van der Waals surface area contributed by atoms with E-state index in [1.54, 1.807) is 0 Å². The highest BCUT2D eigenvalue weighted by atomic mass is 15.3. The van der Waals surface area contributed by atoms with Crippen LogP contribution < -0.4 is 5.32 Å². The van der Waals surface area contributed by atoms with Crippen LogP contribution in [-0.2, 0) is 6.54 Å². The molecule has 1 saturated carbocycles. The first-order chi connectivity index (χ1) is 9.10. The van der Waals surface area contributed by atoms with Gasteiger partial charge in [-0.2, -0.15) is 5.10 Å². The standard InChI is InChI=1S/C15H26N4/c1-14(2)13-18(10-11-19-9-5-8-17-19)15(12-16-14)6-3-4-7-15/h5,8-9,16H,3-4,6-7,10-13H2,1-2H3. The lowest BCUT2D eigenvalue weighted by molar-refractivity contribution is 0.0157. The number of rotatable bonds is 3. The lowest BCUT2D eigenvalue weighted by Gasteiger charge is -2.51. The topological polar surface area (TPSA) is 33.1 Å². The molecule has 19 heavy (non-hydrogen) atoms. The minimum atomic E-state index is 0.234. The summed E-state index contributed by atoms with van der Waals surface area (Å²) in [7, 11) is 0. The van der Waals surface area contributed by atoms with E-state index in [9.17, 15) is 0 Å². The van der Waals surface area contributed by atoms with Gasteiger partial charge >= 0.3 is 0 Å². The van der Waals surface area contributed by atoms with Crippen molar-refractivity contribution in [3.63, 3.8) is 0 Å². The molecule has 4 heteroatoms. The van der Waals surface area contributed by atoms with Crippen LogP contribution in [0, 0.1) is 0 Å². The van der Waals surface area contributed by atoms with E-state index >= 15 is 0 Å². The van der Waals surface area contributed by atoms with Crippen LogP contribution in [0.25, 0.3) is 0 Å². The summed E-state index contributed by atoms with van der Waals surface area (Å²) in [5.74, 6) is 0. The molecule has 0 radical (unpaired) electrons. The van der Waals surface area contributed by atoms with Gasteiger partial charge in [0.25, 0.3) is 0 Å². The number of nitrogens with one attached hydrogen (secondary N) is 1. The van der Waals surface area contributed by atoms with Gasteiger partial charge in [0.15, 0.2) is 0 Å². The first-order valence-corrected chi connectivity index (χ1v) is 7.57. The molecule has 1 aromatic heterocycles. The lowest BCUT2D eigenvalue weighted by Crippen LogP contribution is -2.67. The maximum Gasteiger partial charge on any atom is 0.0536 e. The largest absolute Gasteiger partial charge is 0.309 e. The molecule has 1 spiro atoms. The molecule has 106 valence electrons. The Bertz CT molecular complexity index is 404. The predicted molar refractivity (Wildman–Crippen MR) is 77.1 cm³/mol. The fourth-order valence-corrected chi connectivity index (χ4v) is 3.71. The molecule has 3 rings (SSSR count). The average molecular weight is 262 g/mol. The van der Waals surface area contributed by atoms with Crippen LogP contribution in [0.2, 0.25) is 0 Å². The Kier molecular flexibility index (Phi) is 3.39. The second-order valence-corrected chi connectivity index (χ2v) is 6.86. The van der Waals surface area contributed by atoms with E-state index in [2.05, 4.69) is 40.0 Å². The minimum Gasteiger partial charge on any atom is -0.309 e. The summed E-state index contributed by atoms with van der Waals surface area (Å²) in [6.45, 7) is 9.05. The third kappa shape index (κ3) is 2.70. The maximum absolute atomic E-state index is 4.33. The summed E-state index contributed by atoms with van der Waals surface area (Å²) < 4.78 is 2.05. The van der Waals surface area contributed by atoms with Crippen LogP contribution in [0.1, 0.15) is 39.5 Å². The van der Waals surface area contributed by atoms with Crippen LogP contribution in [0.4, 0.5) is 0 Å². The third-order valence-electron chi connectivity index (χ3n) is 4.85. The molecule has 2 fully saturated rings. The summed E-state index contributed by atoms with van der Waals surface area (Å²) in [5.41, 5.74) is 0.653. The van der Waals surface area contributed by atoms with Gasteiger partial charge in [0.1, 0.15) is 0 Å². The van der Waals surface area contributed by atoms with Gasteiger partial charge in [-0.15, -0.1) is 0 Å².